The molecule has 2 aliphatic rings. The Labute approximate surface area is 181 Å². The zero-order chi connectivity index (χ0) is 21.4. The van der Waals surface area contributed by atoms with Gasteiger partial charge in [-0.15, -0.1) is 0 Å². The summed E-state index contributed by atoms with van der Waals surface area (Å²) in [5, 5.41) is 0.936. The Balaban J connectivity index is 1.34. The molecule has 0 bridgehead atoms. The predicted molar refractivity (Wildman–Crippen MR) is 117 cm³/mol. The largest absolute Gasteiger partial charge is 0.341 e. The van der Waals surface area contributed by atoms with E-state index in [9.17, 15) is 13.6 Å². The molecule has 0 atom stereocenters. The highest BCUT2D eigenvalue weighted by atomic mass is 19.1. The molecule has 0 radical (unpaired) electrons. The minimum atomic E-state index is -0.269. The number of fused-ring (bicyclic) bond motifs is 1. The van der Waals surface area contributed by atoms with Gasteiger partial charge in [0, 0.05) is 43.3 Å². The molecule has 2 fully saturated rings. The Bertz CT molecular complexity index is 1080. The summed E-state index contributed by atoms with van der Waals surface area (Å²) < 4.78 is 29.5. The first-order valence-electron chi connectivity index (χ1n) is 11.1. The van der Waals surface area contributed by atoms with Crippen LogP contribution in [0, 0.1) is 11.6 Å². The van der Waals surface area contributed by atoms with Gasteiger partial charge < -0.3 is 14.4 Å². The molecule has 1 aromatic heterocycles. The fraction of sp³-hybridized carbons (Fsp3) is 0.400. The maximum atomic E-state index is 14.1. The van der Waals surface area contributed by atoms with Crippen molar-refractivity contribution >= 4 is 16.8 Å². The van der Waals surface area contributed by atoms with E-state index in [1.165, 1.54) is 18.2 Å². The second-order valence-corrected chi connectivity index (χ2v) is 8.69. The second-order valence-electron chi connectivity index (χ2n) is 8.69. The van der Waals surface area contributed by atoms with Gasteiger partial charge in [0.1, 0.15) is 11.6 Å². The van der Waals surface area contributed by atoms with E-state index in [1.54, 1.807) is 24.3 Å². The highest BCUT2D eigenvalue weighted by Crippen LogP contribution is 2.36. The van der Waals surface area contributed by atoms with Crippen LogP contribution < -0.4 is 0 Å². The number of nitrogens with zero attached hydrogens (tertiary/aromatic N) is 3. The van der Waals surface area contributed by atoms with Gasteiger partial charge in [0.15, 0.2) is 0 Å². The third-order valence-corrected chi connectivity index (χ3v) is 6.79. The molecule has 0 unspecified atom stereocenters. The smallest absolute Gasteiger partial charge is 0.222 e. The molecule has 31 heavy (non-hydrogen) atoms. The van der Waals surface area contributed by atoms with Crippen LogP contribution in [-0.2, 0) is 4.79 Å². The third kappa shape index (κ3) is 4.09. The summed E-state index contributed by atoms with van der Waals surface area (Å²) in [5.74, 6) is 0.133. The number of halogens is 2. The van der Waals surface area contributed by atoms with E-state index in [2.05, 4.69) is 11.1 Å². The lowest BCUT2D eigenvalue weighted by molar-refractivity contribution is -0.127. The Morgan fingerprint density at radius 3 is 2.35 bits per heavy atom. The van der Waals surface area contributed by atoms with Crippen LogP contribution in [-0.4, -0.2) is 53.0 Å². The lowest BCUT2D eigenvalue weighted by atomic mass is 9.89. The number of carbonyl (C=O) groups is 1. The summed E-state index contributed by atoms with van der Waals surface area (Å²) >= 11 is 0. The van der Waals surface area contributed by atoms with E-state index in [1.807, 2.05) is 9.47 Å². The summed E-state index contributed by atoms with van der Waals surface area (Å²) in [6.45, 7) is 4.59. The molecule has 2 saturated heterocycles. The fourth-order valence-electron chi connectivity index (χ4n) is 5.04. The van der Waals surface area contributed by atoms with Gasteiger partial charge in [-0.2, -0.15) is 0 Å². The van der Waals surface area contributed by atoms with Crippen molar-refractivity contribution < 1.29 is 13.6 Å². The van der Waals surface area contributed by atoms with E-state index in [-0.39, 0.29) is 17.5 Å². The maximum Gasteiger partial charge on any atom is 0.222 e. The van der Waals surface area contributed by atoms with E-state index < -0.39 is 0 Å². The van der Waals surface area contributed by atoms with E-state index >= 15 is 0 Å². The zero-order valence-corrected chi connectivity index (χ0v) is 17.6. The summed E-state index contributed by atoms with van der Waals surface area (Å²) in [6.07, 6.45) is 5.78. The van der Waals surface area contributed by atoms with Crippen LogP contribution >= 0.6 is 0 Å². The molecule has 6 heteroatoms. The first-order chi connectivity index (χ1) is 15.1. The molecular formula is C25H27F2N3O. The van der Waals surface area contributed by atoms with Crippen molar-refractivity contribution in [1.29, 1.82) is 0 Å². The van der Waals surface area contributed by atoms with Crippen molar-refractivity contribution in [1.82, 2.24) is 14.4 Å². The maximum absolute atomic E-state index is 14.1. The van der Waals surface area contributed by atoms with Gasteiger partial charge >= 0.3 is 0 Å². The van der Waals surface area contributed by atoms with Gasteiger partial charge in [-0.05, 0) is 86.3 Å². The van der Waals surface area contributed by atoms with Crippen molar-refractivity contribution in [2.75, 3.05) is 32.7 Å². The second kappa shape index (κ2) is 8.42. The standard InChI is InChI=1S/C25H27F2N3O/c26-19-3-6-21(7-4-19)30-17-23(22-16-20(27)5-8-24(22)30)18-9-12-28(13-10-18)14-15-29-11-1-2-25(29)31/h3-8,16-18H,1-2,9-15H2. The van der Waals surface area contributed by atoms with Crippen LogP contribution in [0.15, 0.2) is 48.7 Å². The fourth-order valence-corrected chi connectivity index (χ4v) is 5.04. The van der Waals surface area contributed by atoms with Crippen LogP contribution in [0.25, 0.3) is 16.6 Å². The number of carbonyl (C=O) groups excluding carboxylic acids is 1. The van der Waals surface area contributed by atoms with E-state index in [0.29, 0.717) is 12.3 Å². The minimum absolute atomic E-state index is 0.238. The van der Waals surface area contributed by atoms with Gasteiger partial charge in [0.2, 0.25) is 5.91 Å². The van der Waals surface area contributed by atoms with Crippen molar-refractivity contribution in [3.8, 4) is 5.69 Å². The number of piperidine rings is 1. The molecule has 5 rings (SSSR count). The van der Waals surface area contributed by atoms with Gasteiger partial charge in [0.05, 0.1) is 5.52 Å². The highest BCUT2D eigenvalue weighted by molar-refractivity contribution is 5.86. The average Bonchev–Trinajstić information content (AvgIpc) is 3.36. The number of amides is 1. The molecule has 3 heterocycles. The number of hydrogen-bond donors (Lipinski definition) is 0. The SMILES string of the molecule is O=C1CCCN1CCN1CCC(c2cn(-c3ccc(F)cc3)c3ccc(F)cc23)CC1. The minimum Gasteiger partial charge on any atom is -0.341 e. The van der Waals surface area contributed by atoms with E-state index in [0.717, 1.165) is 74.1 Å². The lowest BCUT2D eigenvalue weighted by Gasteiger charge is -2.33. The monoisotopic (exact) mass is 423 g/mol. The van der Waals surface area contributed by atoms with Gasteiger partial charge in [-0.1, -0.05) is 0 Å². The zero-order valence-electron chi connectivity index (χ0n) is 17.6. The van der Waals surface area contributed by atoms with Crippen molar-refractivity contribution in [2.24, 2.45) is 0 Å². The van der Waals surface area contributed by atoms with Crippen LogP contribution in [0.2, 0.25) is 0 Å². The summed E-state index contributed by atoms with van der Waals surface area (Å²) in [4.78, 5) is 16.2. The van der Waals surface area contributed by atoms with Crippen LogP contribution in [0.3, 0.4) is 0 Å². The van der Waals surface area contributed by atoms with Crippen LogP contribution in [0.1, 0.15) is 37.2 Å². The van der Waals surface area contributed by atoms with Crippen molar-refractivity contribution in [3.05, 3.63) is 65.9 Å². The highest BCUT2D eigenvalue weighted by Gasteiger charge is 2.26. The van der Waals surface area contributed by atoms with E-state index in [4.69, 9.17) is 0 Å². The van der Waals surface area contributed by atoms with Crippen molar-refractivity contribution in [2.45, 2.75) is 31.6 Å². The molecule has 2 aliphatic heterocycles. The first kappa shape index (κ1) is 20.2. The molecule has 162 valence electrons. The molecule has 0 N–H and O–H groups in total. The van der Waals surface area contributed by atoms with Crippen LogP contribution in [0.5, 0.6) is 0 Å². The third-order valence-electron chi connectivity index (χ3n) is 6.79. The molecule has 0 spiro atoms. The summed E-state index contributed by atoms with van der Waals surface area (Å²) in [6, 6.07) is 11.3. The summed E-state index contributed by atoms with van der Waals surface area (Å²) in [5.41, 5.74) is 2.98. The Morgan fingerprint density at radius 1 is 0.903 bits per heavy atom. The molecule has 4 nitrogen and oxygen atoms in total. The normalized spacial score (nSPS) is 18.4. The predicted octanol–water partition coefficient (Wildman–Crippen LogP) is 4.71. The Kier molecular flexibility index (Phi) is 5.48. The molecule has 2 aromatic carbocycles. The van der Waals surface area contributed by atoms with Crippen LogP contribution in [0.4, 0.5) is 8.78 Å². The lowest BCUT2D eigenvalue weighted by Crippen LogP contribution is -2.39. The summed E-state index contributed by atoms with van der Waals surface area (Å²) in [7, 11) is 0. The average molecular weight is 424 g/mol. The molecule has 0 saturated carbocycles. The van der Waals surface area contributed by atoms with Crippen molar-refractivity contribution in [3.63, 3.8) is 0 Å². The quantitative estimate of drug-likeness (QED) is 0.595. The first-order valence-corrected chi connectivity index (χ1v) is 11.1. The van der Waals surface area contributed by atoms with Gasteiger partial charge in [-0.3, -0.25) is 4.79 Å². The van der Waals surface area contributed by atoms with Gasteiger partial charge in [0.25, 0.3) is 0 Å². The number of hydrogen-bond acceptors (Lipinski definition) is 2. The number of likely N-dealkylation sites (tertiary alicyclic amines) is 2. The number of aromatic nitrogens is 1. The Morgan fingerprint density at radius 2 is 1.65 bits per heavy atom. The topological polar surface area (TPSA) is 28.5 Å². The number of rotatable bonds is 5. The van der Waals surface area contributed by atoms with Gasteiger partial charge in [-0.25, -0.2) is 8.78 Å². The molecule has 3 aromatic rings. The Hall–Kier alpha value is -2.73. The number of benzene rings is 2. The molecule has 1 amide bonds. The molecule has 0 aliphatic carbocycles. The molecular weight excluding hydrogens is 396 g/mol.